The van der Waals surface area contributed by atoms with Crippen LogP contribution < -0.4 is 5.32 Å². The second-order valence-corrected chi connectivity index (χ2v) is 6.02. The summed E-state index contributed by atoms with van der Waals surface area (Å²) in [5.41, 5.74) is 1.54. The van der Waals surface area contributed by atoms with Crippen molar-refractivity contribution in [3.63, 3.8) is 0 Å². The molecule has 1 aromatic carbocycles. The van der Waals surface area contributed by atoms with Crippen molar-refractivity contribution in [2.75, 3.05) is 20.2 Å². The third-order valence-electron chi connectivity index (χ3n) is 4.26. The lowest BCUT2D eigenvalue weighted by Gasteiger charge is -2.22. The third-order valence-corrected chi connectivity index (χ3v) is 4.26. The van der Waals surface area contributed by atoms with Crippen molar-refractivity contribution < 1.29 is 18.7 Å². The van der Waals surface area contributed by atoms with Crippen LogP contribution in [0.15, 0.2) is 35.9 Å². The van der Waals surface area contributed by atoms with Gasteiger partial charge >= 0.3 is 5.97 Å². The minimum atomic E-state index is -0.383. The predicted octanol–water partition coefficient (Wildman–Crippen LogP) is 2.14. The number of allylic oxidation sites excluding steroid dienone is 1. The molecule has 2 atom stereocenters. The zero-order chi connectivity index (χ0) is 17.7. The van der Waals surface area contributed by atoms with Crippen LogP contribution in [-0.2, 0) is 9.53 Å². The standard InChI is InChI=1S/C18H23FN2O3/c1-4-12(2)10-21-11-15(9-16(21)18(23)24-3)20-17(22)13-5-7-14(19)8-6-13/h4-8,15-16H,9-11H2,1-3H3,(H,20,22)/t15-,16+/m1/s1. The van der Waals surface area contributed by atoms with Crippen LogP contribution in [0.4, 0.5) is 4.39 Å². The first kappa shape index (κ1) is 18.1. The van der Waals surface area contributed by atoms with E-state index in [1.54, 1.807) is 0 Å². The minimum absolute atomic E-state index is 0.156. The number of hydrogen-bond acceptors (Lipinski definition) is 4. The Labute approximate surface area is 141 Å². The van der Waals surface area contributed by atoms with Gasteiger partial charge in [-0.2, -0.15) is 0 Å². The molecule has 1 fully saturated rings. The maximum atomic E-state index is 12.9. The van der Waals surface area contributed by atoms with Crippen LogP contribution in [0.5, 0.6) is 0 Å². The molecular weight excluding hydrogens is 311 g/mol. The molecule has 6 heteroatoms. The number of nitrogens with zero attached hydrogens (tertiary/aromatic N) is 1. The molecule has 1 saturated heterocycles. The third kappa shape index (κ3) is 4.41. The predicted molar refractivity (Wildman–Crippen MR) is 89.1 cm³/mol. The van der Waals surface area contributed by atoms with Crippen LogP contribution in [0.2, 0.25) is 0 Å². The van der Waals surface area contributed by atoms with E-state index in [1.165, 1.54) is 31.4 Å². The fraction of sp³-hybridized carbons (Fsp3) is 0.444. The van der Waals surface area contributed by atoms with Crippen molar-refractivity contribution in [1.29, 1.82) is 0 Å². The van der Waals surface area contributed by atoms with E-state index in [1.807, 2.05) is 24.8 Å². The van der Waals surface area contributed by atoms with E-state index in [0.717, 1.165) is 5.57 Å². The van der Waals surface area contributed by atoms with Gasteiger partial charge in [-0.3, -0.25) is 14.5 Å². The van der Waals surface area contributed by atoms with Crippen LogP contribution in [0.1, 0.15) is 30.6 Å². The van der Waals surface area contributed by atoms with Crippen LogP contribution in [0, 0.1) is 5.82 Å². The molecule has 2 rings (SSSR count). The molecule has 24 heavy (non-hydrogen) atoms. The number of methoxy groups -OCH3 is 1. The maximum absolute atomic E-state index is 12.9. The molecule has 1 N–H and O–H groups in total. The van der Waals surface area contributed by atoms with E-state index < -0.39 is 0 Å². The monoisotopic (exact) mass is 334 g/mol. The highest BCUT2D eigenvalue weighted by Gasteiger charge is 2.38. The molecular formula is C18H23FN2O3. The van der Waals surface area contributed by atoms with Gasteiger partial charge in [0.05, 0.1) is 7.11 Å². The van der Waals surface area contributed by atoms with E-state index in [4.69, 9.17) is 4.74 Å². The molecule has 0 spiro atoms. The molecule has 0 bridgehead atoms. The summed E-state index contributed by atoms with van der Waals surface area (Å²) in [5, 5.41) is 2.91. The highest BCUT2D eigenvalue weighted by molar-refractivity contribution is 5.94. The zero-order valence-electron chi connectivity index (χ0n) is 14.2. The molecule has 0 saturated carbocycles. The molecule has 0 radical (unpaired) electrons. The number of ether oxygens (including phenoxy) is 1. The van der Waals surface area contributed by atoms with Crippen LogP contribution in [-0.4, -0.2) is 49.1 Å². The molecule has 0 aromatic heterocycles. The highest BCUT2D eigenvalue weighted by Crippen LogP contribution is 2.21. The van der Waals surface area contributed by atoms with Crippen molar-refractivity contribution in [2.45, 2.75) is 32.4 Å². The summed E-state index contributed by atoms with van der Waals surface area (Å²) in [6.07, 6.45) is 2.50. The van der Waals surface area contributed by atoms with Gasteiger partial charge in [0, 0.05) is 24.7 Å². The molecule has 1 aromatic rings. The Kier molecular flexibility index (Phi) is 6.09. The van der Waals surface area contributed by atoms with Gasteiger partial charge in [0.2, 0.25) is 0 Å². The number of esters is 1. The molecule has 5 nitrogen and oxygen atoms in total. The Balaban J connectivity index is 2.04. The molecule has 130 valence electrons. The number of likely N-dealkylation sites (tertiary alicyclic amines) is 1. The summed E-state index contributed by atoms with van der Waals surface area (Å²) >= 11 is 0. The quantitative estimate of drug-likeness (QED) is 0.662. The molecule has 1 heterocycles. The Morgan fingerprint density at radius 1 is 1.38 bits per heavy atom. The number of halogens is 1. The molecule has 0 unspecified atom stereocenters. The second kappa shape index (κ2) is 8.06. The number of rotatable bonds is 5. The minimum Gasteiger partial charge on any atom is -0.468 e. The first-order valence-corrected chi connectivity index (χ1v) is 7.94. The lowest BCUT2D eigenvalue weighted by Crippen LogP contribution is -2.38. The van der Waals surface area contributed by atoms with E-state index in [0.29, 0.717) is 25.1 Å². The topological polar surface area (TPSA) is 58.6 Å². The Morgan fingerprint density at radius 2 is 2.04 bits per heavy atom. The summed E-state index contributed by atoms with van der Waals surface area (Å²) in [6.45, 7) is 5.17. The Morgan fingerprint density at radius 3 is 2.62 bits per heavy atom. The smallest absolute Gasteiger partial charge is 0.323 e. The molecule has 0 aliphatic carbocycles. The van der Waals surface area contributed by atoms with Gasteiger partial charge in [0.1, 0.15) is 11.9 Å². The Hall–Kier alpha value is -2.21. The average Bonchev–Trinajstić information content (AvgIpc) is 2.96. The van der Waals surface area contributed by atoms with E-state index in [-0.39, 0.29) is 29.8 Å². The zero-order valence-corrected chi connectivity index (χ0v) is 14.2. The summed E-state index contributed by atoms with van der Waals surface area (Å²) in [7, 11) is 1.37. The average molecular weight is 334 g/mol. The van der Waals surface area contributed by atoms with Gasteiger partial charge < -0.3 is 10.1 Å². The lowest BCUT2D eigenvalue weighted by atomic mass is 10.1. The van der Waals surface area contributed by atoms with Gasteiger partial charge in [-0.05, 0) is 44.5 Å². The Bertz CT molecular complexity index is 628. The number of benzene rings is 1. The van der Waals surface area contributed by atoms with Crippen molar-refractivity contribution in [3.05, 3.63) is 47.3 Å². The maximum Gasteiger partial charge on any atom is 0.323 e. The number of hydrogen-bond donors (Lipinski definition) is 1. The number of amides is 1. The van der Waals surface area contributed by atoms with Crippen LogP contribution in [0.25, 0.3) is 0 Å². The lowest BCUT2D eigenvalue weighted by molar-refractivity contribution is -0.145. The van der Waals surface area contributed by atoms with Crippen molar-refractivity contribution in [3.8, 4) is 0 Å². The fourth-order valence-electron chi connectivity index (χ4n) is 2.85. The fourth-order valence-corrected chi connectivity index (χ4v) is 2.85. The van der Waals surface area contributed by atoms with Crippen LogP contribution in [0.3, 0.4) is 0 Å². The SMILES string of the molecule is CC=C(C)CN1C[C@H](NC(=O)c2ccc(F)cc2)C[C@H]1C(=O)OC. The summed E-state index contributed by atoms with van der Waals surface area (Å²) in [6, 6.07) is 4.86. The molecule has 1 amide bonds. The van der Waals surface area contributed by atoms with Gasteiger partial charge in [0.25, 0.3) is 5.91 Å². The van der Waals surface area contributed by atoms with Gasteiger partial charge in [-0.25, -0.2) is 4.39 Å². The van der Waals surface area contributed by atoms with Crippen molar-refractivity contribution in [1.82, 2.24) is 10.2 Å². The van der Waals surface area contributed by atoms with Crippen LogP contribution >= 0.6 is 0 Å². The number of nitrogens with one attached hydrogen (secondary N) is 1. The summed E-state index contributed by atoms with van der Waals surface area (Å²) in [5.74, 6) is -0.947. The normalized spacial score (nSPS) is 21.6. The molecule has 1 aliphatic rings. The largest absolute Gasteiger partial charge is 0.468 e. The summed E-state index contributed by atoms with van der Waals surface area (Å²) in [4.78, 5) is 26.3. The van der Waals surface area contributed by atoms with Crippen molar-refractivity contribution in [2.24, 2.45) is 0 Å². The molecule has 1 aliphatic heterocycles. The first-order chi connectivity index (χ1) is 11.4. The van der Waals surface area contributed by atoms with E-state index in [2.05, 4.69) is 5.32 Å². The number of carbonyl (C=O) groups is 2. The van der Waals surface area contributed by atoms with Crippen molar-refractivity contribution >= 4 is 11.9 Å². The van der Waals surface area contributed by atoms with E-state index in [9.17, 15) is 14.0 Å². The van der Waals surface area contributed by atoms with Gasteiger partial charge in [-0.1, -0.05) is 11.6 Å². The highest BCUT2D eigenvalue weighted by atomic mass is 19.1. The number of carbonyl (C=O) groups excluding carboxylic acids is 2. The van der Waals surface area contributed by atoms with Gasteiger partial charge in [0.15, 0.2) is 0 Å². The second-order valence-electron chi connectivity index (χ2n) is 6.02. The first-order valence-electron chi connectivity index (χ1n) is 7.94. The van der Waals surface area contributed by atoms with Gasteiger partial charge in [-0.15, -0.1) is 0 Å². The van der Waals surface area contributed by atoms with E-state index >= 15 is 0 Å². The summed E-state index contributed by atoms with van der Waals surface area (Å²) < 4.78 is 17.8.